The lowest BCUT2D eigenvalue weighted by atomic mass is 10.00. The molecular weight excluding hydrogens is 268 g/mol. The molecule has 1 amide bonds. The van der Waals surface area contributed by atoms with Crippen molar-refractivity contribution < 1.29 is 18.3 Å². The Bertz CT molecular complexity index is 598. The maximum atomic E-state index is 12.0. The molecule has 7 heteroatoms. The van der Waals surface area contributed by atoms with Crippen LogP contribution in [-0.4, -0.2) is 37.6 Å². The fraction of sp³-hybridized carbons (Fsp3) is 0.417. The highest BCUT2D eigenvalue weighted by molar-refractivity contribution is 7.89. The zero-order valence-electron chi connectivity index (χ0n) is 10.6. The largest absolute Gasteiger partial charge is 0.380 e. The molecule has 1 heterocycles. The number of carbonyl (C=O) groups excluding carboxylic acids is 1. The van der Waals surface area contributed by atoms with Crippen molar-refractivity contribution in [2.45, 2.75) is 24.8 Å². The van der Waals surface area contributed by atoms with E-state index in [-0.39, 0.29) is 10.8 Å². The van der Waals surface area contributed by atoms with Gasteiger partial charge in [-0.2, -0.15) is 4.72 Å². The van der Waals surface area contributed by atoms with Gasteiger partial charge in [0.05, 0.1) is 4.90 Å². The van der Waals surface area contributed by atoms with Crippen molar-refractivity contribution in [1.82, 2.24) is 9.62 Å². The predicted molar refractivity (Wildman–Crippen MR) is 68.6 cm³/mol. The maximum Gasteiger partial charge on any atom is 0.242 e. The summed E-state index contributed by atoms with van der Waals surface area (Å²) >= 11 is 0. The van der Waals surface area contributed by atoms with E-state index in [9.17, 15) is 13.2 Å². The molecule has 0 aliphatic carbocycles. The van der Waals surface area contributed by atoms with E-state index in [1.165, 1.54) is 13.0 Å². The molecule has 0 radical (unpaired) electrons. The van der Waals surface area contributed by atoms with E-state index < -0.39 is 16.8 Å². The fourth-order valence-electron chi connectivity index (χ4n) is 2.26. The first-order valence-corrected chi connectivity index (χ1v) is 7.41. The van der Waals surface area contributed by atoms with Gasteiger partial charge >= 0.3 is 0 Å². The molecule has 0 saturated carbocycles. The second kappa shape index (κ2) is 5.28. The van der Waals surface area contributed by atoms with Crippen LogP contribution in [0.5, 0.6) is 0 Å². The molecule has 0 unspecified atom stereocenters. The summed E-state index contributed by atoms with van der Waals surface area (Å²) in [6.45, 7) is 1.80. The summed E-state index contributed by atoms with van der Waals surface area (Å²) in [5, 5.41) is 8.74. The smallest absolute Gasteiger partial charge is 0.242 e. The van der Waals surface area contributed by atoms with E-state index in [0.717, 1.165) is 11.1 Å². The highest BCUT2D eigenvalue weighted by atomic mass is 32.2. The molecule has 0 spiro atoms. The van der Waals surface area contributed by atoms with Gasteiger partial charge in [0.15, 0.2) is 0 Å². The number of nitrogens with one attached hydrogen (secondary N) is 1. The second-order valence-corrected chi connectivity index (χ2v) is 6.13. The Morgan fingerprint density at radius 2 is 2.21 bits per heavy atom. The highest BCUT2D eigenvalue weighted by Gasteiger charge is 2.25. The van der Waals surface area contributed by atoms with Crippen molar-refractivity contribution in [2.75, 3.05) is 13.3 Å². The number of fused-ring (bicyclic) bond motifs is 1. The van der Waals surface area contributed by atoms with Crippen LogP contribution in [0, 0.1) is 0 Å². The first kappa shape index (κ1) is 14.0. The summed E-state index contributed by atoms with van der Waals surface area (Å²) in [5.74, 6) is -0.0209. The van der Waals surface area contributed by atoms with Gasteiger partial charge in [0.2, 0.25) is 15.9 Å². The molecule has 1 aromatic rings. The van der Waals surface area contributed by atoms with Crippen LogP contribution in [-0.2, 0) is 27.8 Å². The average molecular weight is 284 g/mol. The molecule has 2 rings (SSSR count). The van der Waals surface area contributed by atoms with Crippen LogP contribution in [0.3, 0.4) is 0 Å². The van der Waals surface area contributed by atoms with Gasteiger partial charge in [-0.05, 0) is 23.6 Å². The summed E-state index contributed by atoms with van der Waals surface area (Å²) < 4.78 is 26.0. The fourth-order valence-corrected chi connectivity index (χ4v) is 3.40. The van der Waals surface area contributed by atoms with Gasteiger partial charge in [-0.1, -0.05) is 12.1 Å². The standard InChI is InChI=1S/C12H16N2O4S/c1-9(16)14-6-5-11-10(7-14)3-2-4-12(11)19(17,18)13-8-15/h2-4,13,15H,5-8H2,1H3. The number of benzene rings is 1. The number of rotatable bonds is 3. The van der Waals surface area contributed by atoms with Gasteiger partial charge in [0, 0.05) is 20.0 Å². The van der Waals surface area contributed by atoms with Crippen molar-refractivity contribution in [2.24, 2.45) is 0 Å². The first-order valence-electron chi connectivity index (χ1n) is 5.92. The number of nitrogens with zero attached hydrogens (tertiary/aromatic N) is 1. The van der Waals surface area contributed by atoms with E-state index in [1.54, 1.807) is 11.0 Å². The minimum Gasteiger partial charge on any atom is -0.380 e. The molecule has 0 aromatic heterocycles. The van der Waals surface area contributed by atoms with Crippen molar-refractivity contribution in [3.05, 3.63) is 29.3 Å². The van der Waals surface area contributed by atoms with Crippen molar-refractivity contribution in [3.63, 3.8) is 0 Å². The second-order valence-electron chi connectivity index (χ2n) is 4.39. The van der Waals surface area contributed by atoms with E-state index in [1.807, 2.05) is 6.07 Å². The van der Waals surface area contributed by atoms with Crippen molar-refractivity contribution in [1.29, 1.82) is 0 Å². The minimum atomic E-state index is -3.69. The highest BCUT2D eigenvalue weighted by Crippen LogP contribution is 2.25. The Morgan fingerprint density at radius 1 is 1.47 bits per heavy atom. The lowest BCUT2D eigenvalue weighted by Crippen LogP contribution is -2.35. The average Bonchev–Trinajstić information content (AvgIpc) is 2.37. The van der Waals surface area contributed by atoms with Crippen LogP contribution >= 0.6 is 0 Å². The Balaban J connectivity index is 2.41. The van der Waals surface area contributed by atoms with Crippen LogP contribution < -0.4 is 4.72 Å². The number of aliphatic hydroxyl groups excluding tert-OH is 1. The number of aliphatic hydroxyl groups is 1. The molecule has 19 heavy (non-hydrogen) atoms. The molecule has 2 N–H and O–H groups in total. The van der Waals surface area contributed by atoms with Gasteiger partial charge in [-0.25, -0.2) is 8.42 Å². The number of hydrogen-bond acceptors (Lipinski definition) is 4. The van der Waals surface area contributed by atoms with Crippen LogP contribution in [0.4, 0.5) is 0 Å². The lowest BCUT2D eigenvalue weighted by Gasteiger charge is -2.29. The Morgan fingerprint density at radius 3 is 2.84 bits per heavy atom. The zero-order valence-corrected chi connectivity index (χ0v) is 11.4. The molecule has 1 aromatic carbocycles. The third kappa shape index (κ3) is 2.78. The van der Waals surface area contributed by atoms with Gasteiger partial charge in [0.1, 0.15) is 6.73 Å². The molecule has 6 nitrogen and oxygen atoms in total. The molecule has 0 bridgehead atoms. The van der Waals surface area contributed by atoms with Gasteiger partial charge in [-0.15, -0.1) is 0 Å². The Kier molecular flexibility index (Phi) is 3.88. The third-order valence-corrected chi connectivity index (χ3v) is 4.68. The topological polar surface area (TPSA) is 86.7 Å². The molecular formula is C12H16N2O4S. The molecule has 104 valence electrons. The first-order chi connectivity index (χ1) is 8.95. The van der Waals surface area contributed by atoms with Crippen LogP contribution in [0.15, 0.2) is 23.1 Å². The zero-order chi connectivity index (χ0) is 14.0. The Hall–Kier alpha value is -1.44. The maximum absolute atomic E-state index is 12.0. The van der Waals surface area contributed by atoms with E-state index in [4.69, 9.17) is 5.11 Å². The lowest BCUT2D eigenvalue weighted by molar-refractivity contribution is -0.129. The molecule has 1 aliphatic rings. The summed E-state index contributed by atoms with van der Waals surface area (Å²) in [5.41, 5.74) is 1.56. The quantitative estimate of drug-likeness (QED) is 0.754. The summed E-state index contributed by atoms with van der Waals surface area (Å²) in [6, 6.07) is 4.98. The number of sulfonamides is 1. The van der Waals surface area contributed by atoms with Crippen LogP contribution in [0.2, 0.25) is 0 Å². The summed E-state index contributed by atoms with van der Waals surface area (Å²) in [7, 11) is -3.69. The van der Waals surface area contributed by atoms with Crippen LogP contribution in [0.25, 0.3) is 0 Å². The van der Waals surface area contributed by atoms with Crippen molar-refractivity contribution in [3.8, 4) is 0 Å². The predicted octanol–water partition coefficient (Wildman–Crippen LogP) is -0.181. The summed E-state index contributed by atoms with van der Waals surface area (Å²) in [4.78, 5) is 13.2. The molecule has 1 aliphatic heterocycles. The SMILES string of the molecule is CC(=O)N1CCc2c(cccc2S(=O)(=O)NCO)C1. The van der Waals surface area contributed by atoms with Gasteiger partial charge in [0.25, 0.3) is 0 Å². The van der Waals surface area contributed by atoms with Gasteiger partial charge in [-0.3, -0.25) is 4.79 Å². The number of amides is 1. The van der Waals surface area contributed by atoms with E-state index in [0.29, 0.717) is 19.5 Å². The monoisotopic (exact) mass is 284 g/mol. The molecule has 0 fully saturated rings. The minimum absolute atomic E-state index is 0.0209. The van der Waals surface area contributed by atoms with Crippen LogP contribution in [0.1, 0.15) is 18.1 Å². The number of hydrogen-bond donors (Lipinski definition) is 2. The van der Waals surface area contributed by atoms with E-state index in [2.05, 4.69) is 4.72 Å². The summed E-state index contributed by atoms with van der Waals surface area (Å²) in [6.07, 6.45) is 0.497. The van der Waals surface area contributed by atoms with Crippen molar-refractivity contribution >= 4 is 15.9 Å². The Labute approximate surface area is 112 Å². The molecule has 0 atom stereocenters. The normalized spacial score (nSPS) is 15.2. The third-order valence-electron chi connectivity index (χ3n) is 3.21. The van der Waals surface area contributed by atoms with E-state index >= 15 is 0 Å². The molecule has 0 saturated heterocycles. The van der Waals surface area contributed by atoms with Gasteiger partial charge < -0.3 is 10.0 Å². The number of carbonyl (C=O) groups is 1.